The minimum atomic E-state index is -4.44. The summed E-state index contributed by atoms with van der Waals surface area (Å²) < 4.78 is 40.5. The SMILES string of the molecule is C[C@H]1C[C@@H](NC(O)C2CCN(C3CC3)CC2)CN(c2ccc(C(F)(F)F)c3ncccc23)C1. The van der Waals surface area contributed by atoms with E-state index in [4.69, 9.17) is 0 Å². The maximum atomic E-state index is 13.5. The lowest BCUT2D eigenvalue weighted by atomic mass is 9.91. The van der Waals surface area contributed by atoms with Crippen molar-refractivity contribution in [3.63, 3.8) is 0 Å². The first-order valence-corrected chi connectivity index (χ1v) is 12.2. The van der Waals surface area contributed by atoms with Gasteiger partial charge in [0.1, 0.15) is 6.23 Å². The Bertz CT molecular complexity index is 972. The molecule has 0 spiro atoms. The van der Waals surface area contributed by atoms with Gasteiger partial charge in [0.15, 0.2) is 0 Å². The highest BCUT2D eigenvalue weighted by molar-refractivity contribution is 5.94. The maximum absolute atomic E-state index is 13.5. The Morgan fingerprint density at radius 3 is 2.55 bits per heavy atom. The van der Waals surface area contributed by atoms with E-state index in [0.29, 0.717) is 17.8 Å². The third kappa shape index (κ3) is 4.98. The number of pyridine rings is 1. The van der Waals surface area contributed by atoms with Gasteiger partial charge in [-0.25, -0.2) is 0 Å². The molecule has 0 radical (unpaired) electrons. The second-order valence-corrected chi connectivity index (χ2v) is 10.2. The number of aromatic nitrogens is 1. The van der Waals surface area contributed by atoms with E-state index in [0.717, 1.165) is 56.7 Å². The molecule has 2 aliphatic heterocycles. The van der Waals surface area contributed by atoms with Gasteiger partial charge >= 0.3 is 6.18 Å². The molecule has 0 amide bonds. The van der Waals surface area contributed by atoms with Gasteiger partial charge in [-0.15, -0.1) is 0 Å². The van der Waals surface area contributed by atoms with Crippen molar-refractivity contribution in [1.29, 1.82) is 0 Å². The van der Waals surface area contributed by atoms with Crippen molar-refractivity contribution in [2.24, 2.45) is 11.8 Å². The summed E-state index contributed by atoms with van der Waals surface area (Å²) in [6, 6.07) is 6.99. The Labute approximate surface area is 193 Å². The molecular weight excluding hydrogens is 429 g/mol. The first kappa shape index (κ1) is 22.9. The van der Waals surface area contributed by atoms with Gasteiger partial charge in [0.25, 0.3) is 0 Å². The molecule has 3 atom stereocenters. The first-order valence-electron chi connectivity index (χ1n) is 12.2. The van der Waals surface area contributed by atoms with Crippen LogP contribution in [0.25, 0.3) is 10.9 Å². The van der Waals surface area contributed by atoms with E-state index in [1.54, 1.807) is 18.2 Å². The number of fused-ring (bicyclic) bond motifs is 1. The summed E-state index contributed by atoms with van der Waals surface area (Å²) in [5.74, 6) is 0.607. The van der Waals surface area contributed by atoms with Gasteiger partial charge in [-0.05, 0) is 75.4 Å². The fraction of sp³-hybridized carbons (Fsp3) is 0.640. The molecule has 180 valence electrons. The number of hydrogen-bond acceptors (Lipinski definition) is 5. The molecule has 3 fully saturated rings. The number of aliphatic hydroxyl groups excluding tert-OH is 1. The van der Waals surface area contributed by atoms with Crippen molar-refractivity contribution in [3.8, 4) is 0 Å². The number of benzene rings is 1. The van der Waals surface area contributed by atoms with Crippen molar-refractivity contribution in [1.82, 2.24) is 15.2 Å². The highest BCUT2D eigenvalue weighted by atomic mass is 19.4. The van der Waals surface area contributed by atoms with Crippen molar-refractivity contribution in [3.05, 3.63) is 36.0 Å². The zero-order valence-corrected chi connectivity index (χ0v) is 19.1. The molecule has 1 aromatic carbocycles. The summed E-state index contributed by atoms with van der Waals surface area (Å²) in [6.07, 6.45) is 2.00. The van der Waals surface area contributed by atoms with E-state index in [1.807, 2.05) is 0 Å². The Kier molecular flexibility index (Phi) is 6.27. The van der Waals surface area contributed by atoms with Gasteiger partial charge in [0, 0.05) is 48.4 Å². The third-order valence-electron chi connectivity index (χ3n) is 7.54. The second kappa shape index (κ2) is 9.04. The molecule has 1 aliphatic carbocycles. The van der Waals surface area contributed by atoms with Crippen LogP contribution in [-0.4, -0.2) is 59.5 Å². The minimum Gasteiger partial charge on any atom is -0.378 e. The standard InChI is InChI=1S/C25H33F3N4O/c1-16-13-18(30-24(33)17-8-11-31(12-9-17)19-4-5-19)15-32(14-16)22-7-6-21(25(26,27)28)23-20(22)3-2-10-29-23/h2-3,6-7,10,16-19,24,30,33H,4-5,8-9,11-15H2,1H3/t16-,18+,24?/m0/s1. The number of hydrogen-bond donors (Lipinski definition) is 2. The van der Waals surface area contributed by atoms with Crippen LogP contribution in [0.1, 0.15) is 44.6 Å². The Hall–Kier alpha value is -1.90. The van der Waals surface area contributed by atoms with Crippen LogP contribution < -0.4 is 10.2 Å². The number of rotatable bonds is 5. The van der Waals surface area contributed by atoms with Gasteiger partial charge in [0.2, 0.25) is 0 Å². The zero-order valence-electron chi connectivity index (χ0n) is 19.1. The minimum absolute atomic E-state index is 0.00677. The topological polar surface area (TPSA) is 51.6 Å². The van der Waals surface area contributed by atoms with Gasteiger partial charge in [-0.3, -0.25) is 10.3 Å². The van der Waals surface area contributed by atoms with Gasteiger partial charge in [-0.2, -0.15) is 13.2 Å². The highest BCUT2D eigenvalue weighted by Crippen LogP contribution is 2.38. The Morgan fingerprint density at radius 1 is 1.09 bits per heavy atom. The molecule has 2 N–H and O–H groups in total. The fourth-order valence-corrected chi connectivity index (χ4v) is 5.75. The smallest absolute Gasteiger partial charge is 0.378 e. The summed E-state index contributed by atoms with van der Waals surface area (Å²) in [5, 5.41) is 14.9. The largest absolute Gasteiger partial charge is 0.418 e. The number of halogens is 3. The number of anilines is 1. The molecule has 3 aliphatic rings. The average molecular weight is 463 g/mol. The number of nitrogens with one attached hydrogen (secondary N) is 1. The summed E-state index contributed by atoms with van der Waals surface area (Å²) in [7, 11) is 0. The highest BCUT2D eigenvalue weighted by Gasteiger charge is 2.36. The normalized spacial score (nSPS) is 26.6. The van der Waals surface area contributed by atoms with Crippen LogP contribution in [-0.2, 0) is 6.18 Å². The molecule has 2 saturated heterocycles. The van der Waals surface area contributed by atoms with E-state index in [2.05, 4.69) is 27.0 Å². The van der Waals surface area contributed by atoms with Gasteiger partial charge in [-0.1, -0.05) is 6.92 Å². The van der Waals surface area contributed by atoms with E-state index >= 15 is 0 Å². The number of alkyl halides is 3. The number of piperidine rings is 2. The molecule has 5 rings (SSSR count). The summed E-state index contributed by atoms with van der Waals surface area (Å²) in [4.78, 5) is 8.77. The van der Waals surface area contributed by atoms with Crippen molar-refractivity contribution in [2.75, 3.05) is 31.1 Å². The summed E-state index contributed by atoms with van der Waals surface area (Å²) >= 11 is 0. The monoisotopic (exact) mass is 462 g/mol. The Morgan fingerprint density at radius 2 is 1.85 bits per heavy atom. The van der Waals surface area contributed by atoms with E-state index in [9.17, 15) is 18.3 Å². The Balaban J connectivity index is 1.30. The molecular formula is C25H33F3N4O. The van der Waals surface area contributed by atoms with E-state index < -0.39 is 18.0 Å². The van der Waals surface area contributed by atoms with Gasteiger partial charge < -0.3 is 14.9 Å². The molecule has 1 aromatic heterocycles. The van der Waals surface area contributed by atoms with Crippen LogP contribution in [0.4, 0.5) is 18.9 Å². The molecule has 1 unspecified atom stereocenters. The third-order valence-corrected chi connectivity index (χ3v) is 7.54. The van der Waals surface area contributed by atoms with E-state index in [-0.39, 0.29) is 17.5 Å². The lowest BCUT2D eigenvalue weighted by Crippen LogP contribution is -2.54. The molecule has 1 saturated carbocycles. The summed E-state index contributed by atoms with van der Waals surface area (Å²) in [5.41, 5.74) is 0.0684. The van der Waals surface area contributed by atoms with Crippen LogP contribution in [0.5, 0.6) is 0 Å². The van der Waals surface area contributed by atoms with E-state index in [1.165, 1.54) is 19.0 Å². The predicted octanol–water partition coefficient (Wildman–Crippen LogP) is 4.25. The van der Waals surface area contributed by atoms with Crippen molar-refractivity contribution >= 4 is 16.6 Å². The zero-order chi connectivity index (χ0) is 23.2. The van der Waals surface area contributed by atoms with Crippen LogP contribution in [0.2, 0.25) is 0 Å². The molecule has 0 bridgehead atoms. The van der Waals surface area contributed by atoms with Crippen molar-refractivity contribution in [2.45, 2.75) is 63.5 Å². The predicted molar refractivity (Wildman–Crippen MR) is 123 cm³/mol. The van der Waals surface area contributed by atoms with Crippen LogP contribution in [0.15, 0.2) is 30.5 Å². The quantitative estimate of drug-likeness (QED) is 0.651. The average Bonchev–Trinajstić information content (AvgIpc) is 3.63. The number of nitrogens with zero attached hydrogens (tertiary/aromatic N) is 3. The van der Waals surface area contributed by atoms with Crippen LogP contribution in [0.3, 0.4) is 0 Å². The number of likely N-dealkylation sites (tertiary alicyclic amines) is 1. The summed E-state index contributed by atoms with van der Waals surface area (Å²) in [6.45, 7) is 5.70. The fourth-order valence-electron chi connectivity index (χ4n) is 5.75. The maximum Gasteiger partial charge on any atom is 0.418 e. The molecule has 8 heteroatoms. The molecule has 33 heavy (non-hydrogen) atoms. The lowest BCUT2D eigenvalue weighted by molar-refractivity contribution is -0.136. The second-order valence-electron chi connectivity index (χ2n) is 10.2. The lowest BCUT2D eigenvalue weighted by Gasteiger charge is -2.41. The molecule has 2 aromatic rings. The van der Waals surface area contributed by atoms with Crippen molar-refractivity contribution < 1.29 is 18.3 Å². The number of aliphatic hydroxyl groups is 1. The van der Waals surface area contributed by atoms with Crippen LogP contribution in [0, 0.1) is 11.8 Å². The molecule has 5 nitrogen and oxygen atoms in total. The molecule has 3 heterocycles. The van der Waals surface area contributed by atoms with Crippen LogP contribution >= 0.6 is 0 Å². The van der Waals surface area contributed by atoms with Gasteiger partial charge in [0.05, 0.1) is 11.1 Å². The first-order chi connectivity index (χ1) is 15.8.